The molecule has 13 heteroatoms. The van der Waals surface area contributed by atoms with Gasteiger partial charge in [-0.1, -0.05) is 33.1 Å². The summed E-state index contributed by atoms with van der Waals surface area (Å²) >= 11 is 0. The number of aliphatic imine (C=N–C) groups is 1. The summed E-state index contributed by atoms with van der Waals surface area (Å²) in [4.78, 5) is 34.3. The van der Waals surface area contributed by atoms with Crippen LogP contribution in [-0.4, -0.2) is 75.6 Å². The lowest BCUT2D eigenvalue weighted by molar-refractivity contribution is -0.140. The second-order valence-electron chi connectivity index (χ2n) is 7.16. The fraction of sp³-hybridized carbons (Fsp3) is 0.789. The summed E-state index contributed by atoms with van der Waals surface area (Å²) in [6, 6.07) is -2.26. The van der Waals surface area contributed by atoms with E-state index in [-0.39, 0.29) is 18.5 Å². The number of aliphatic carboxylic acids is 3. The molecule has 0 aromatic carbocycles. The Morgan fingerprint density at radius 2 is 1.28 bits per heavy atom. The van der Waals surface area contributed by atoms with E-state index in [4.69, 9.17) is 49.1 Å². The van der Waals surface area contributed by atoms with Crippen molar-refractivity contribution in [1.82, 2.24) is 0 Å². The van der Waals surface area contributed by atoms with Gasteiger partial charge in [-0.3, -0.25) is 19.4 Å². The Morgan fingerprint density at radius 3 is 1.59 bits per heavy atom. The van der Waals surface area contributed by atoms with Gasteiger partial charge in [-0.15, -0.1) is 0 Å². The van der Waals surface area contributed by atoms with Crippen molar-refractivity contribution in [2.45, 2.75) is 76.9 Å². The zero-order valence-electron chi connectivity index (χ0n) is 19.0. The molecule has 0 aliphatic heterocycles. The average Bonchev–Trinajstić information content (AvgIpc) is 2.73. The summed E-state index contributed by atoms with van der Waals surface area (Å²) < 4.78 is 0. The molecule has 4 atom stereocenters. The SMILES string of the molecule is CC[C@H](C)[C@H](N)C(=O)O.NC(CCCCCO)C(=O)O.NC(N)=NCCC[C@H](N)C(=O)O. The van der Waals surface area contributed by atoms with E-state index in [9.17, 15) is 14.4 Å². The smallest absolute Gasteiger partial charge is 0.320 e. The molecular weight excluding hydrogens is 424 g/mol. The Bertz CT molecular complexity index is 544. The maximum absolute atomic E-state index is 10.2. The minimum Gasteiger partial charge on any atom is -0.480 e. The largest absolute Gasteiger partial charge is 0.480 e. The van der Waals surface area contributed by atoms with E-state index in [1.54, 1.807) is 0 Å². The Hall–Kier alpha value is -2.48. The fourth-order valence-electron chi connectivity index (χ4n) is 1.92. The van der Waals surface area contributed by atoms with E-state index in [0.717, 1.165) is 25.7 Å². The van der Waals surface area contributed by atoms with Crippen molar-refractivity contribution in [2.75, 3.05) is 13.2 Å². The lowest BCUT2D eigenvalue weighted by Crippen LogP contribution is -2.36. The molecule has 0 amide bonds. The average molecular weight is 467 g/mol. The summed E-state index contributed by atoms with van der Waals surface area (Å²) in [6.07, 6.45) is 4.61. The molecule has 0 fully saturated rings. The van der Waals surface area contributed by atoms with Crippen molar-refractivity contribution >= 4 is 23.9 Å². The van der Waals surface area contributed by atoms with Crippen LogP contribution in [0, 0.1) is 5.92 Å². The van der Waals surface area contributed by atoms with E-state index >= 15 is 0 Å². The third-order valence-corrected chi connectivity index (χ3v) is 4.32. The van der Waals surface area contributed by atoms with Crippen LogP contribution in [0.5, 0.6) is 0 Å². The first-order valence-electron chi connectivity index (χ1n) is 10.4. The van der Waals surface area contributed by atoms with Gasteiger partial charge in [0.15, 0.2) is 5.96 Å². The Kier molecular flexibility index (Phi) is 23.2. The van der Waals surface area contributed by atoms with Gasteiger partial charge in [0.2, 0.25) is 0 Å². The lowest BCUT2D eigenvalue weighted by Gasteiger charge is -2.11. The molecule has 0 aliphatic rings. The van der Waals surface area contributed by atoms with E-state index < -0.39 is 36.0 Å². The van der Waals surface area contributed by atoms with Crippen LogP contribution in [0.1, 0.15) is 58.8 Å². The Labute approximate surface area is 189 Å². The number of aliphatic hydroxyl groups is 1. The zero-order chi connectivity index (χ0) is 25.7. The van der Waals surface area contributed by atoms with Crippen LogP contribution >= 0.6 is 0 Å². The standard InChI is InChI=1S/C7H15NO3.C6H14N4O2.C6H13NO2/c8-6(7(10)11)4-2-1-3-5-9;7-4(5(11)12)2-1-3-10-6(8)9;1-3-4(2)5(7)6(8)9/h6,9H,1-5,8H2,(H,10,11);4H,1-3,7H2,(H,11,12)(H4,8,9,10);4-5H,3,7H2,1-2H3,(H,8,9)/t;4-;4-,5-/m.00/s1. The molecule has 32 heavy (non-hydrogen) atoms. The molecular formula is C19H42N6O7. The zero-order valence-corrected chi connectivity index (χ0v) is 19.0. The van der Waals surface area contributed by atoms with Crippen LogP contribution in [0.3, 0.4) is 0 Å². The van der Waals surface area contributed by atoms with Crippen LogP contribution in [0.15, 0.2) is 4.99 Å². The fourth-order valence-corrected chi connectivity index (χ4v) is 1.92. The number of carboxylic acids is 3. The first-order valence-corrected chi connectivity index (χ1v) is 10.4. The lowest BCUT2D eigenvalue weighted by atomic mass is 10.0. The van der Waals surface area contributed by atoms with Gasteiger partial charge in [0.25, 0.3) is 0 Å². The highest BCUT2D eigenvalue weighted by Crippen LogP contribution is 2.04. The van der Waals surface area contributed by atoms with E-state index in [1.807, 2.05) is 13.8 Å². The predicted octanol–water partition coefficient (Wildman–Crippen LogP) is -1.15. The van der Waals surface area contributed by atoms with Gasteiger partial charge in [-0.25, -0.2) is 0 Å². The predicted molar refractivity (Wildman–Crippen MR) is 122 cm³/mol. The summed E-state index contributed by atoms with van der Waals surface area (Å²) in [5, 5.41) is 33.5. The highest BCUT2D eigenvalue weighted by molar-refractivity contribution is 5.75. The van der Waals surface area contributed by atoms with Crippen molar-refractivity contribution in [3.8, 4) is 0 Å². The molecule has 0 saturated carbocycles. The third kappa shape index (κ3) is 23.8. The van der Waals surface area contributed by atoms with E-state index in [2.05, 4.69) is 4.99 Å². The second kappa shape index (κ2) is 21.7. The van der Waals surface area contributed by atoms with Gasteiger partial charge < -0.3 is 49.1 Å². The third-order valence-electron chi connectivity index (χ3n) is 4.32. The number of hydrogen-bond donors (Lipinski definition) is 9. The molecule has 13 nitrogen and oxygen atoms in total. The molecule has 0 spiro atoms. The quantitative estimate of drug-likeness (QED) is 0.0833. The number of aliphatic hydroxyl groups excluding tert-OH is 1. The summed E-state index contributed by atoms with van der Waals surface area (Å²) in [7, 11) is 0. The van der Waals surface area contributed by atoms with Crippen molar-refractivity contribution in [3.05, 3.63) is 0 Å². The van der Waals surface area contributed by atoms with E-state index in [1.165, 1.54) is 0 Å². The van der Waals surface area contributed by atoms with Crippen molar-refractivity contribution < 1.29 is 34.8 Å². The molecule has 0 saturated heterocycles. The van der Waals surface area contributed by atoms with Crippen molar-refractivity contribution in [2.24, 2.45) is 39.6 Å². The number of carboxylic acid groups (broad SMARTS) is 3. The van der Waals surface area contributed by atoms with Crippen LogP contribution in [-0.2, 0) is 14.4 Å². The summed E-state index contributed by atoms with van der Waals surface area (Å²) in [5.41, 5.74) is 25.8. The van der Waals surface area contributed by atoms with Crippen molar-refractivity contribution in [3.63, 3.8) is 0 Å². The number of rotatable bonds is 14. The highest BCUT2D eigenvalue weighted by Gasteiger charge is 2.17. The van der Waals surface area contributed by atoms with Crippen LogP contribution in [0.2, 0.25) is 0 Å². The monoisotopic (exact) mass is 466 g/mol. The second-order valence-corrected chi connectivity index (χ2v) is 7.16. The molecule has 0 radical (unpaired) electrons. The van der Waals surface area contributed by atoms with Crippen LogP contribution < -0.4 is 28.7 Å². The molecule has 14 N–H and O–H groups in total. The van der Waals surface area contributed by atoms with Crippen LogP contribution in [0.25, 0.3) is 0 Å². The normalized spacial score (nSPS) is 13.7. The Morgan fingerprint density at radius 1 is 0.812 bits per heavy atom. The van der Waals surface area contributed by atoms with Crippen molar-refractivity contribution in [1.29, 1.82) is 0 Å². The molecule has 190 valence electrons. The van der Waals surface area contributed by atoms with Gasteiger partial charge in [-0.2, -0.15) is 0 Å². The van der Waals surface area contributed by atoms with E-state index in [0.29, 0.717) is 25.8 Å². The summed E-state index contributed by atoms with van der Waals surface area (Å²) in [6.45, 7) is 4.35. The molecule has 0 aromatic rings. The molecule has 0 bridgehead atoms. The maximum atomic E-state index is 10.2. The first kappa shape index (κ1) is 34.1. The topological polar surface area (TPSA) is 275 Å². The molecule has 1 unspecified atom stereocenters. The van der Waals surface area contributed by atoms with Gasteiger partial charge >= 0.3 is 17.9 Å². The van der Waals surface area contributed by atoms with Gasteiger partial charge in [-0.05, 0) is 31.6 Å². The molecule has 0 rings (SSSR count). The number of hydrogen-bond acceptors (Lipinski definition) is 8. The number of unbranched alkanes of at least 4 members (excludes halogenated alkanes) is 2. The number of nitrogens with zero attached hydrogens (tertiary/aromatic N) is 1. The minimum atomic E-state index is -1.00. The maximum Gasteiger partial charge on any atom is 0.320 e. The number of nitrogens with two attached hydrogens (primary N) is 5. The molecule has 0 aliphatic carbocycles. The highest BCUT2D eigenvalue weighted by atomic mass is 16.4. The van der Waals surface area contributed by atoms with Crippen LogP contribution in [0.4, 0.5) is 0 Å². The van der Waals surface area contributed by atoms with Gasteiger partial charge in [0, 0.05) is 13.2 Å². The minimum absolute atomic E-state index is 0.0129. The molecule has 0 aromatic heterocycles. The van der Waals surface area contributed by atoms with Gasteiger partial charge in [0.1, 0.15) is 18.1 Å². The first-order chi connectivity index (χ1) is 14.8. The summed E-state index contributed by atoms with van der Waals surface area (Å²) in [5.74, 6) is -2.78. The number of guanidine groups is 1. The van der Waals surface area contributed by atoms with Gasteiger partial charge in [0.05, 0.1) is 0 Å². The molecule has 0 heterocycles. The number of carbonyl (C=O) groups is 3. The Balaban J connectivity index is -0.000000398.